The van der Waals surface area contributed by atoms with E-state index < -0.39 is 0 Å². The molecule has 0 atom stereocenters. The third kappa shape index (κ3) is 4.88. The number of hydrogen-bond donors (Lipinski definition) is 1. The van der Waals surface area contributed by atoms with Gasteiger partial charge in [0.2, 0.25) is 5.91 Å². The van der Waals surface area contributed by atoms with E-state index in [1.165, 1.54) is 40.6 Å². The summed E-state index contributed by atoms with van der Waals surface area (Å²) in [6, 6.07) is 10.1. The van der Waals surface area contributed by atoms with Crippen molar-refractivity contribution >= 4 is 40.0 Å². The van der Waals surface area contributed by atoms with Gasteiger partial charge in [-0.15, -0.1) is 21.5 Å². The lowest BCUT2D eigenvalue weighted by atomic mass is 9.95. The van der Waals surface area contributed by atoms with Crippen molar-refractivity contribution in [1.29, 1.82) is 0 Å². The Morgan fingerprint density at radius 2 is 1.97 bits per heavy atom. The molecule has 0 saturated heterocycles. The molecule has 0 spiro atoms. The largest absolute Gasteiger partial charge is 0.465 e. The summed E-state index contributed by atoms with van der Waals surface area (Å²) < 4.78 is 7.02. The van der Waals surface area contributed by atoms with E-state index in [4.69, 9.17) is 4.74 Å². The Balaban J connectivity index is 1.44. The molecule has 0 unspecified atom stereocenters. The minimum Gasteiger partial charge on any atom is -0.465 e. The molecule has 0 aliphatic heterocycles. The Morgan fingerprint density at radius 1 is 1.19 bits per heavy atom. The maximum absolute atomic E-state index is 12.7. The predicted molar refractivity (Wildman–Crippen MR) is 127 cm³/mol. The van der Waals surface area contributed by atoms with Gasteiger partial charge in [0, 0.05) is 17.8 Å². The normalized spacial score (nSPS) is 12.9. The summed E-state index contributed by atoms with van der Waals surface area (Å²) >= 11 is 2.84. The first-order valence-electron chi connectivity index (χ1n) is 10.7. The number of carbonyl (C=O) groups excluding carboxylic acids is 2. The quantitative estimate of drug-likeness (QED) is 0.389. The molecule has 32 heavy (non-hydrogen) atoms. The highest BCUT2D eigenvalue weighted by Crippen LogP contribution is 2.38. The second kappa shape index (κ2) is 10.3. The minimum absolute atomic E-state index is 0.172. The third-order valence-corrected chi connectivity index (χ3v) is 7.63. The molecule has 1 amide bonds. The van der Waals surface area contributed by atoms with Gasteiger partial charge in [0.05, 0.1) is 18.4 Å². The van der Waals surface area contributed by atoms with Crippen LogP contribution in [0.2, 0.25) is 0 Å². The van der Waals surface area contributed by atoms with Crippen LogP contribution in [0.3, 0.4) is 0 Å². The van der Waals surface area contributed by atoms with Crippen LogP contribution in [0.1, 0.15) is 52.0 Å². The summed E-state index contributed by atoms with van der Waals surface area (Å²) in [5, 5.41) is 12.9. The van der Waals surface area contributed by atoms with Gasteiger partial charge in [-0.3, -0.25) is 4.79 Å². The average Bonchev–Trinajstić information content (AvgIpc) is 3.37. The lowest BCUT2D eigenvalue weighted by Crippen LogP contribution is -2.17. The van der Waals surface area contributed by atoms with Crippen LogP contribution in [0.15, 0.2) is 35.5 Å². The van der Waals surface area contributed by atoms with Crippen LogP contribution in [0.25, 0.3) is 0 Å². The van der Waals surface area contributed by atoms with E-state index in [0.29, 0.717) is 22.1 Å². The number of aryl methyl sites for hydroxylation is 1. The number of nitrogens with zero attached hydrogens (tertiary/aromatic N) is 3. The van der Waals surface area contributed by atoms with Crippen molar-refractivity contribution in [3.05, 3.63) is 57.7 Å². The van der Waals surface area contributed by atoms with Gasteiger partial charge in [-0.2, -0.15) is 0 Å². The lowest BCUT2D eigenvalue weighted by Gasteiger charge is -2.11. The fraction of sp³-hybridized carbons (Fsp3) is 0.391. The molecule has 2 aromatic heterocycles. The van der Waals surface area contributed by atoms with E-state index in [-0.39, 0.29) is 17.6 Å². The van der Waals surface area contributed by atoms with Crippen molar-refractivity contribution in [2.24, 2.45) is 0 Å². The number of aromatic nitrogens is 3. The van der Waals surface area contributed by atoms with Crippen molar-refractivity contribution in [2.45, 2.75) is 50.7 Å². The molecule has 9 heteroatoms. The molecule has 7 nitrogen and oxygen atoms in total. The fourth-order valence-corrected chi connectivity index (χ4v) is 6.03. The highest BCUT2D eigenvalue weighted by molar-refractivity contribution is 7.99. The number of ether oxygens (including phenoxy) is 1. The maximum atomic E-state index is 12.7. The maximum Gasteiger partial charge on any atom is 0.341 e. The van der Waals surface area contributed by atoms with Gasteiger partial charge < -0.3 is 14.6 Å². The number of nitrogens with one attached hydrogen (secondary N) is 1. The van der Waals surface area contributed by atoms with Gasteiger partial charge in [-0.1, -0.05) is 42.1 Å². The number of rotatable bonds is 8. The summed E-state index contributed by atoms with van der Waals surface area (Å²) in [7, 11) is 1.38. The number of carbonyl (C=O) groups is 2. The van der Waals surface area contributed by atoms with Crippen LogP contribution in [0, 0.1) is 0 Å². The SMILES string of the molecule is CCn1c(Cc2ccccc2)nnc1SCC(=O)Nc1sc2c(c1C(=O)OC)CCCC2. The number of thioether (sulfide) groups is 1. The van der Waals surface area contributed by atoms with E-state index >= 15 is 0 Å². The molecule has 0 radical (unpaired) electrons. The molecule has 1 aromatic carbocycles. The third-order valence-electron chi connectivity index (χ3n) is 5.46. The van der Waals surface area contributed by atoms with E-state index in [2.05, 4.69) is 27.6 Å². The second-order valence-corrected chi connectivity index (χ2v) is 9.60. The smallest absolute Gasteiger partial charge is 0.341 e. The molecule has 3 aromatic rings. The molecule has 4 rings (SSSR count). The standard InChI is InChI=1S/C23H26N4O3S2/c1-3-27-18(13-15-9-5-4-6-10-15)25-26-23(27)31-14-19(28)24-21-20(22(29)30-2)16-11-7-8-12-17(16)32-21/h4-6,9-10H,3,7-8,11-14H2,1-2H3,(H,24,28). The first-order chi connectivity index (χ1) is 15.6. The summed E-state index contributed by atoms with van der Waals surface area (Å²) in [5.74, 6) is 0.505. The first-order valence-corrected chi connectivity index (χ1v) is 12.5. The molecule has 0 bridgehead atoms. The fourth-order valence-electron chi connectivity index (χ4n) is 3.92. The predicted octanol–water partition coefficient (Wildman–Crippen LogP) is 4.35. The van der Waals surface area contributed by atoms with E-state index in [0.717, 1.165) is 43.6 Å². The molecular weight excluding hydrogens is 444 g/mol. The van der Waals surface area contributed by atoms with Gasteiger partial charge in [0.1, 0.15) is 10.8 Å². The molecule has 2 heterocycles. The number of amides is 1. The number of hydrogen-bond acceptors (Lipinski definition) is 7. The van der Waals surface area contributed by atoms with Crippen molar-refractivity contribution in [3.63, 3.8) is 0 Å². The van der Waals surface area contributed by atoms with E-state index in [9.17, 15) is 9.59 Å². The van der Waals surface area contributed by atoms with Crippen LogP contribution in [0.4, 0.5) is 5.00 Å². The van der Waals surface area contributed by atoms with Crippen LogP contribution in [0.5, 0.6) is 0 Å². The summed E-state index contributed by atoms with van der Waals surface area (Å²) in [5.41, 5.74) is 2.72. The van der Waals surface area contributed by atoms with Gasteiger partial charge >= 0.3 is 5.97 Å². The molecular formula is C23H26N4O3S2. The zero-order valence-electron chi connectivity index (χ0n) is 18.2. The van der Waals surface area contributed by atoms with Crippen LogP contribution in [-0.4, -0.2) is 39.5 Å². The Kier molecular flexibility index (Phi) is 7.26. The molecule has 1 aliphatic carbocycles. The highest BCUT2D eigenvalue weighted by Gasteiger charge is 2.27. The number of esters is 1. The van der Waals surface area contributed by atoms with E-state index in [1.807, 2.05) is 29.7 Å². The first kappa shape index (κ1) is 22.5. The van der Waals surface area contributed by atoms with E-state index in [1.54, 1.807) is 0 Å². The zero-order chi connectivity index (χ0) is 22.5. The Bertz CT molecular complexity index is 1110. The Hall–Kier alpha value is -2.65. The number of thiophene rings is 1. The minimum atomic E-state index is -0.386. The zero-order valence-corrected chi connectivity index (χ0v) is 19.9. The van der Waals surface area contributed by atoms with Gasteiger partial charge in [-0.05, 0) is 43.7 Å². The molecule has 0 saturated carbocycles. The van der Waals surface area contributed by atoms with Crippen LogP contribution >= 0.6 is 23.1 Å². The van der Waals surface area contributed by atoms with Crippen molar-refractivity contribution in [1.82, 2.24) is 14.8 Å². The van der Waals surface area contributed by atoms with Crippen molar-refractivity contribution in [3.8, 4) is 0 Å². The summed E-state index contributed by atoms with van der Waals surface area (Å²) in [6.45, 7) is 2.77. The monoisotopic (exact) mass is 470 g/mol. The molecule has 168 valence electrons. The summed E-state index contributed by atoms with van der Waals surface area (Å²) in [6.07, 6.45) is 4.64. The van der Waals surface area contributed by atoms with Crippen molar-refractivity contribution in [2.75, 3.05) is 18.2 Å². The Labute approximate surface area is 195 Å². The van der Waals surface area contributed by atoms with Gasteiger partial charge in [0.25, 0.3) is 0 Å². The highest BCUT2D eigenvalue weighted by atomic mass is 32.2. The topological polar surface area (TPSA) is 86.1 Å². The number of fused-ring (bicyclic) bond motifs is 1. The van der Waals surface area contributed by atoms with Gasteiger partial charge in [-0.25, -0.2) is 4.79 Å². The lowest BCUT2D eigenvalue weighted by molar-refractivity contribution is -0.113. The number of methoxy groups -OCH3 is 1. The number of anilines is 1. The van der Waals surface area contributed by atoms with Gasteiger partial charge in [0.15, 0.2) is 5.16 Å². The molecule has 0 fully saturated rings. The molecule has 1 N–H and O–H groups in total. The van der Waals surface area contributed by atoms with Crippen LogP contribution < -0.4 is 5.32 Å². The Morgan fingerprint density at radius 3 is 2.72 bits per heavy atom. The molecule has 1 aliphatic rings. The average molecular weight is 471 g/mol. The van der Waals surface area contributed by atoms with Crippen LogP contribution in [-0.2, 0) is 35.3 Å². The van der Waals surface area contributed by atoms with Crippen molar-refractivity contribution < 1.29 is 14.3 Å². The second-order valence-electron chi connectivity index (χ2n) is 7.55. The summed E-state index contributed by atoms with van der Waals surface area (Å²) in [4.78, 5) is 26.3. The number of benzene rings is 1.